The van der Waals surface area contributed by atoms with E-state index >= 15 is 0 Å². The maximum atomic E-state index is 5.38. The molecule has 0 aliphatic heterocycles. The van der Waals surface area contributed by atoms with E-state index in [2.05, 4.69) is 5.32 Å². The van der Waals surface area contributed by atoms with E-state index in [0.717, 1.165) is 12.0 Å². The van der Waals surface area contributed by atoms with Crippen molar-refractivity contribution in [3.05, 3.63) is 11.5 Å². The van der Waals surface area contributed by atoms with Gasteiger partial charge in [0.2, 0.25) is 0 Å². The van der Waals surface area contributed by atoms with Crippen molar-refractivity contribution in [3.8, 4) is 0 Å². The fraction of sp³-hybridized carbons (Fsp3) is 0.600. The number of allylic oxidation sites excluding steroid dienone is 1. The summed E-state index contributed by atoms with van der Waals surface area (Å²) in [6.45, 7) is 2.71. The molecule has 7 heavy (non-hydrogen) atoms. The lowest BCUT2D eigenvalue weighted by Gasteiger charge is -1.94. The van der Waals surface area contributed by atoms with Crippen LogP contribution in [0.2, 0.25) is 0 Å². The van der Waals surface area contributed by atoms with Gasteiger partial charge in [-0.1, -0.05) is 6.08 Å². The van der Waals surface area contributed by atoms with Crippen molar-refractivity contribution in [2.45, 2.75) is 6.92 Å². The molecule has 2 radical (unpaired) electrons. The van der Waals surface area contributed by atoms with Crippen molar-refractivity contribution in [3.63, 3.8) is 0 Å². The van der Waals surface area contributed by atoms with Crippen LogP contribution in [0.15, 0.2) is 11.5 Å². The Morgan fingerprint density at radius 2 is 2.43 bits per heavy atom. The molecule has 0 unspecified atom stereocenters. The van der Waals surface area contributed by atoms with Gasteiger partial charge in [-0.3, -0.25) is 0 Å². The van der Waals surface area contributed by atoms with E-state index in [4.69, 9.17) is 7.85 Å². The zero-order chi connectivity index (χ0) is 5.70. The minimum Gasteiger partial charge on any atom is -0.317 e. The predicted molar refractivity (Wildman–Crippen MR) is 33.4 cm³/mol. The summed E-state index contributed by atoms with van der Waals surface area (Å²) in [5, 5.41) is 2.93. The molecule has 38 valence electrons. The molecule has 0 fully saturated rings. The monoisotopic (exact) mass is 95.1 g/mol. The van der Waals surface area contributed by atoms with Crippen LogP contribution >= 0.6 is 0 Å². The second kappa shape index (κ2) is 3.94. The van der Waals surface area contributed by atoms with E-state index in [1.807, 2.05) is 20.0 Å². The van der Waals surface area contributed by atoms with Gasteiger partial charge in [-0.05, 0) is 14.0 Å². The van der Waals surface area contributed by atoms with Crippen LogP contribution in [0.5, 0.6) is 0 Å². The van der Waals surface area contributed by atoms with Crippen LogP contribution in [-0.4, -0.2) is 21.4 Å². The maximum Gasteiger partial charge on any atom is 0.109 e. The van der Waals surface area contributed by atoms with Crippen LogP contribution < -0.4 is 5.32 Å². The minimum atomic E-state index is 0.788. The van der Waals surface area contributed by atoms with E-state index in [1.54, 1.807) is 0 Å². The molecule has 0 heterocycles. The molecule has 0 bridgehead atoms. The SMILES string of the molecule is [B]/C(=C/C)CNC. The Bertz CT molecular complexity index is 68.5. The molecule has 0 saturated heterocycles. The van der Waals surface area contributed by atoms with E-state index in [-0.39, 0.29) is 0 Å². The van der Waals surface area contributed by atoms with Crippen molar-refractivity contribution in [1.29, 1.82) is 0 Å². The van der Waals surface area contributed by atoms with Gasteiger partial charge >= 0.3 is 0 Å². The summed E-state index contributed by atoms with van der Waals surface area (Å²) in [7, 11) is 7.25. The van der Waals surface area contributed by atoms with Gasteiger partial charge in [0.05, 0.1) is 0 Å². The van der Waals surface area contributed by atoms with Crippen LogP contribution in [0.1, 0.15) is 6.92 Å². The van der Waals surface area contributed by atoms with E-state index in [0.29, 0.717) is 0 Å². The Hall–Kier alpha value is -0.235. The number of rotatable bonds is 2. The average molecular weight is 95.0 g/mol. The molecule has 0 saturated carbocycles. The zero-order valence-corrected chi connectivity index (χ0v) is 4.86. The molecule has 2 heteroatoms. The van der Waals surface area contributed by atoms with Crippen LogP contribution in [0.3, 0.4) is 0 Å². The quantitative estimate of drug-likeness (QED) is 0.485. The molecule has 0 aromatic carbocycles. The van der Waals surface area contributed by atoms with Crippen LogP contribution in [-0.2, 0) is 0 Å². The van der Waals surface area contributed by atoms with Crippen molar-refractivity contribution < 1.29 is 0 Å². The van der Waals surface area contributed by atoms with Gasteiger partial charge in [0.15, 0.2) is 0 Å². The lowest BCUT2D eigenvalue weighted by molar-refractivity contribution is 0.908. The van der Waals surface area contributed by atoms with Crippen molar-refractivity contribution in [1.82, 2.24) is 5.32 Å². The summed E-state index contributed by atoms with van der Waals surface area (Å²) < 4.78 is 0. The third-order valence-electron chi connectivity index (χ3n) is 0.752. The standard InChI is InChI=1S/C5H10BN/c1-3-5(6)4-7-2/h3,7H,4H2,1-2H3/b5-3+. The maximum absolute atomic E-state index is 5.38. The topological polar surface area (TPSA) is 12.0 Å². The lowest BCUT2D eigenvalue weighted by atomic mass is 9.96. The van der Waals surface area contributed by atoms with Gasteiger partial charge in [0, 0.05) is 6.54 Å². The summed E-state index contributed by atoms with van der Waals surface area (Å²) >= 11 is 0. The van der Waals surface area contributed by atoms with Crippen LogP contribution in [0, 0.1) is 0 Å². The van der Waals surface area contributed by atoms with Gasteiger partial charge < -0.3 is 5.32 Å². The van der Waals surface area contributed by atoms with Crippen LogP contribution in [0.25, 0.3) is 0 Å². The highest BCUT2D eigenvalue weighted by atomic mass is 14.8. The lowest BCUT2D eigenvalue weighted by Crippen LogP contribution is -2.09. The van der Waals surface area contributed by atoms with E-state index in [1.165, 1.54) is 0 Å². The predicted octanol–water partition coefficient (Wildman–Crippen LogP) is 0.278. The first-order valence-corrected chi connectivity index (χ1v) is 2.36. The first kappa shape index (κ1) is 6.76. The molecule has 0 rings (SSSR count). The third-order valence-corrected chi connectivity index (χ3v) is 0.752. The summed E-state index contributed by atoms with van der Waals surface area (Å²) in [5.74, 6) is 0. The van der Waals surface area contributed by atoms with E-state index < -0.39 is 0 Å². The normalized spacial score (nSPS) is 12.0. The molecule has 0 aliphatic carbocycles. The number of nitrogens with one attached hydrogen (secondary N) is 1. The number of hydrogen-bond acceptors (Lipinski definition) is 1. The number of likely N-dealkylation sites (N-methyl/N-ethyl adjacent to an activating group) is 1. The van der Waals surface area contributed by atoms with Crippen LogP contribution in [0.4, 0.5) is 0 Å². The molecule has 1 nitrogen and oxygen atoms in total. The van der Waals surface area contributed by atoms with Gasteiger partial charge in [0.25, 0.3) is 0 Å². The molecule has 0 aromatic rings. The van der Waals surface area contributed by atoms with E-state index in [9.17, 15) is 0 Å². The number of hydrogen-bond donors (Lipinski definition) is 1. The Morgan fingerprint density at radius 1 is 1.86 bits per heavy atom. The average Bonchev–Trinajstić information content (AvgIpc) is 1.68. The highest BCUT2D eigenvalue weighted by molar-refractivity contribution is 6.21. The summed E-state index contributed by atoms with van der Waals surface area (Å²) in [6.07, 6.45) is 1.89. The molecular weight excluding hydrogens is 84.9 g/mol. The molecule has 0 aliphatic rings. The summed E-state index contributed by atoms with van der Waals surface area (Å²) in [6, 6.07) is 0. The zero-order valence-electron chi connectivity index (χ0n) is 4.86. The Morgan fingerprint density at radius 3 is 2.57 bits per heavy atom. The second-order valence-corrected chi connectivity index (χ2v) is 1.39. The molecule has 1 N–H and O–H groups in total. The first-order valence-electron chi connectivity index (χ1n) is 2.36. The molecule has 0 aromatic heterocycles. The fourth-order valence-corrected chi connectivity index (χ4v) is 0.306. The highest BCUT2D eigenvalue weighted by Gasteiger charge is 1.77. The van der Waals surface area contributed by atoms with Crippen molar-refractivity contribution >= 4 is 7.85 Å². The van der Waals surface area contributed by atoms with Gasteiger partial charge in [-0.25, -0.2) is 0 Å². The van der Waals surface area contributed by atoms with Gasteiger partial charge in [-0.15, -0.1) is 5.47 Å². The second-order valence-electron chi connectivity index (χ2n) is 1.39. The highest BCUT2D eigenvalue weighted by Crippen LogP contribution is 1.79. The largest absolute Gasteiger partial charge is 0.317 e. The van der Waals surface area contributed by atoms with Gasteiger partial charge in [-0.2, -0.15) is 0 Å². The first-order chi connectivity index (χ1) is 3.31. The molecule has 0 atom stereocenters. The van der Waals surface area contributed by atoms with Crippen molar-refractivity contribution in [2.75, 3.05) is 13.6 Å². The molecule has 0 amide bonds. The minimum absolute atomic E-state index is 0.788. The van der Waals surface area contributed by atoms with Gasteiger partial charge in [0.1, 0.15) is 7.85 Å². The summed E-state index contributed by atoms with van der Waals surface area (Å²) in [4.78, 5) is 0. The fourth-order valence-electron chi connectivity index (χ4n) is 0.306. The molecule has 0 spiro atoms. The Labute approximate surface area is 46.2 Å². The Balaban J connectivity index is 3.17. The smallest absolute Gasteiger partial charge is 0.109 e. The van der Waals surface area contributed by atoms with Crippen molar-refractivity contribution in [2.24, 2.45) is 0 Å². The molecular formula is C5H10BN. The Kier molecular flexibility index (Phi) is 3.81. The summed E-state index contributed by atoms with van der Waals surface area (Å²) in [5.41, 5.74) is 0.891. The third kappa shape index (κ3) is 3.60.